The zero-order valence-electron chi connectivity index (χ0n) is 19.7. The van der Waals surface area contributed by atoms with Gasteiger partial charge in [-0.2, -0.15) is 0 Å². The third-order valence-electron chi connectivity index (χ3n) is 6.07. The summed E-state index contributed by atoms with van der Waals surface area (Å²) >= 11 is 0. The van der Waals surface area contributed by atoms with Crippen molar-refractivity contribution in [2.75, 3.05) is 32.2 Å². The second kappa shape index (κ2) is 9.59. The molecule has 172 valence electrons. The number of ketones is 1. The number of dihydropyridines is 1. The molecular formula is C25H32N2O5. The van der Waals surface area contributed by atoms with E-state index in [-0.39, 0.29) is 24.9 Å². The Labute approximate surface area is 189 Å². The Balaban J connectivity index is 2.15. The maximum atomic E-state index is 13.7. The zero-order valence-corrected chi connectivity index (χ0v) is 19.7. The molecule has 0 unspecified atom stereocenters. The number of nitrogens with zero attached hydrogens (tertiary/aromatic N) is 1. The quantitative estimate of drug-likeness (QED) is 0.537. The second-order valence-electron chi connectivity index (χ2n) is 8.47. The highest BCUT2D eigenvalue weighted by Gasteiger charge is 2.47. The Morgan fingerprint density at radius 2 is 1.72 bits per heavy atom. The average molecular weight is 441 g/mol. The van der Waals surface area contributed by atoms with Crippen molar-refractivity contribution in [1.29, 1.82) is 0 Å². The molecule has 1 aromatic carbocycles. The summed E-state index contributed by atoms with van der Waals surface area (Å²) in [7, 11) is 3.90. The number of nitrogens with one attached hydrogen (secondary N) is 1. The molecule has 1 aliphatic carbocycles. The number of hydrogen-bond donors (Lipinski definition) is 1. The van der Waals surface area contributed by atoms with Crippen LogP contribution in [0.5, 0.6) is 0 Å². The van der Waals surface area contributed by atoms with E-state index in [1.54, 1.807) is 13.8 Å². The normalized spacial score (nSPS) is 22.8. The minimum Gasteiger partial charge on any atom is -0.465 e. The molecule has 3 rings (SSSR count). The van der Waals surface area contributed by atoms with Gasteiger partial charge in [-0.05, 0) is 50.8 Å². The molecule has 0 fully saturated rings. The molecule has 2 aliphatic rings. The van der Waals surface area contributed by atoms with Gasteiger partial charge in [0.05, 0.1) is 18.8 Å². The number of hydrogen-bond acceptors (Lipinski definition) is 7. The Hall–Kier alpha value is -3.09. The summed E-state index contributed by atoms with van der Waals surface area (Å²) in [6.07, 6.45) is 0.518. The number of carbonyl (C=O) groups excluding carboxylic acids is 3. The number of rotatable bonds is 6. The fraction of sp³-hybridized carbons (Fsp3) is 0.480. The molecule has 0 saturated heterocycles. The van der Waals surface area contributed by atoms with Crippen LogP contribution in [0.2, 0.25) is 0 Å². The van der Waals surface area contributed by atoms with Gasteiger partial charge in [-0.15, -0.1) is 0 Å². The van der Waals surface area contributed by atoms with Crippen LogP contribution in [0.1, 0.15) is 45.6 Å². The molecule has 0 aromatic heterocycles. The lowest BCUT2D eigenvalue weighted by Gasteiger charge is -2.38. The summed E-state index contributed by atoms with van der Waals surface area (Å²) in [4.78, 5) is 41.3. The van der Waals surface area contributed by atoms with Crippen molar-refractivity contribution >= 4 is 23.4 Å². The lowest BCUT2D eigenvalue weighted by atomic mass is 9.69. The van der Waals surface area contributed by atoms with Crippen molar-refractivity contribution in [3.63, 3.8) is 0 Å². The van der Waals surface area contributed by atoms with Gasteiger partial charge in [-0.25, -0.2) is 4.79 Å². The highest BCUT2D eigenvalue weighted by molar-refractivity contribution is 6.12. The largest absolute Gasteiger partial charge is 0.465 e. The average Bonchev–Trinajstić information content (AvgIpc) is 2.73. The van der Waals surface area contributed by atoms with E-state index in [1.165, 1.54) is 0 Å². The molecule has 0 spiro atoms. The van der Waals surface area contributed by atoms with Crippen molar-refractivity contribution in [1.82, 2.24) is 5.32 Å². The topological polar surface area (TPSA) is 84.9 Å². The number of ether oxygens (including phenoxy) is 2. The molecule has 7 nitrogen and oxygen atoms in total. The molecule has 1 N–H and O–H groups in total. The van der Waals surface area contributed by atoms with E-state index in [2.05, 4.69) is 5.32 Å². The van der Waals surface area contributed by atoms with Crippen molar-refractivity contribution in [3.05, 3.63) is 52.4 Å². The van der Waals surface area contributed by atoms with Crippen molar-refractivity contribution in [2.45, 2.75) is 40.0 Å². The first-order valence-electron chi connectivity index (χ1n) is 11.1. The summed E-state index contributed by atoms with van der Waals surface area (Å²) in [5.41, 5.74) is 4.08. The third kappa shape index (κ3) is 4.29. The minimum atomic E-state index is -0.888. The summed E-state index contributed by atoms with van der Waals surface area (Å²) in [5, 5.41) is 3.27. The van der Waals surface area contributed by atoms with Crippen molar-refractivity contribution < 1.29 is 23.9 Å². The number of anilines is 1. The van der Waals surface area contributed by atoms with Crippen LogP contribution in [0.15, 0.2) is 46.8 Å². The summed E-state index contributed by atoms with van der Waals surface area (Å²) in [6.45, 7) is 7.62. The molecule has 0 bridgehead atoms. The van der Waals surface area contributed by atoms with E-state index < -0.39 is 23.8 Å². The predicted molar refractivity (Wildman–Crippen MR) is 122 cm³/mol. The third-order valence-corrected chi connectivity index (χ3v) is 6.07. The Morgan fingerprint density at radius 1 is 1.09 bits per heavy atom. The van der Waals surface area contributed by atoms with Crippen LogP contribution in [-0.2, 0) is 23.9 Å². The number of esters is 2. The fourth-order valence-electron chi connectivity index (χ4n) is 4.56. The van der Waals surface area contributed by atoms with Gasteiger partial charge in [0.1, 0.15) is 5.92 Å². The molecule has 0 radical (unpaired) electrons. The smallest absolute Gasteiger partial charge is 0.336 e. The van der Waals surface area contributed by atoms with Crippen LogP contribution >= 0.6 is 0 Å². The fourth-order valence-corrected chi connectivity index (χ4v) is 4.56. The maximum Gasteiger partial charge on any atom is 0.336 e. The molecule has 7 heteroatoms. The Kier molecular flexibility index (Phi) is 7.06. The molecule has 0 saturated carbocycles. The van der Waals surface area contributed by atoms with Gasteiger partial charge in [0.2, 0.25) is 0 Å². The number of allylic oxidation sites excluding steroid dienone is 3. The summed E-state index contributed by atoms with van der Waals surface area (Å²) in [6, 6.07) is 7.75. The lowest BCUT2D eigenvalue weighted by molar-refractivity contribution is -0.153. The number of carbonyl (C=O) groups is 3. The summed E-state index contributed by atoms with van der Waals surface area (Å²) < 4.78 is 10.6. The van der Waals surface area contributed by atoms with Gasteiger partial charge in [0, 0.05) is 42.7 Å². The van der Waals surface area contributed by atoms with E-state index in [0.717, 1.165) is 16.9 Å². The first-order valence-corrected chi connectivity index (χ1v) is 11.1. The SMILES string of the molecule is CCOC(=O)C1=C(C)NC2=C(C(=O)[C@H](C(=O)OCC)[C@H](C)C2)[C@@H]1c1ccc(N(C)C)cc1. The van der Waals surface area contributed by atoms with E-state index in [1.807, 2.05) is 57.1 Å². The van der Waals surface area contributed by atoms with Crippen LogP contribution in [0.4, 0.5) is 5.69 Å². The lowest BCUT2D eigenvalue weighted by Crippen LogP contribution is -2.43. The first kappa shape index (κ1) is 23.6. The van der Waals surface area contributed by atoms with Gasteiger partial charge in [0.15, 0.2) is 5.78 Å². The first-order chi connectivity index (χ1) is 15.2. The summed E-state index contributed by atoms with van der Waals surface area (Å²) in [5.74, 6) is -2.98. The van der Waals surface area contributed by atoms with Gasteiger partial charge < -0.3 is 19.7 Å². The monoisotopic (exact) mass is 440 g/mol. The molecule has 3 atom stereocenters. The van der Waals surface area contributed by atoms with Gasteiger partial charge in [0.25, 0.3) is 0 Å². The van der Waals surface area contributed by atoms with Crippen LogP contribution in [0.25, 0.3) is 0 Å². The van der Waals surface area contributed by atoms with Crippen LogP contribution in [0.3, 0.4) is 0 Å². The number of benzene rings is 1. The highest BCUT2D eigenvalue weighted by atomic mass is 16.5. The maximum absolute atomic E-state index is 13.7. The van der Waals surface area contributed by atoms with E-state index in [4.69, 9.17) is 9.47 Å². The molecule has 1 aliphatic heterocycles. The number of Topliss-reactive ketones (excluding diaryl/α,β-unsaturated/α-hetero) is 1. The minimum absolute atomic E-state index is 0.207. The van der Waals surface area contributed by atoms with E-state index in [9.17, 15) is 14.4 Å². The van der Waals surface area contributed by atoms with Crippen LogP contribution in [0, 0.1) is 11.8 Å². The molecule has 32 heavy (non-hydrogen) atoms. The van der Waals surface area contributed by atoms with Gasteiger partial charge in [-0.3, -0.25) is 9.59 Å². The van der Waals surface area contributed by atoms with Crippen molar-refractivity contribution in [3.8, 4) is 0 Å². The van der Waals surface area contributed by atoms with Gasteiger partial charge >= 0.3 is 11.9 Å². The van der Waals surface area contributed by atoms with E-state index >= 15 is 0 Å². The molecular weight excluding hydrogens is 408 g/mol. The van der Waals surface area contributed by atoms with Crippen molar-refractivity contribution in [2.24, 2.45) is 11.8 Å². The van der Waals surface area contributed by atoms with Gasteiger partial charge in [-0.1, -0.05) is 19.1 Å². The second-order valence-corrected chi connectivity index (χ2v) is 8.47. The van der Waals surface area contributed by atoms with Crippen LogP contribution < -0.4 is 10.2 Å². The Bertz CT molecular complexity index is 975. The molecule has 1 heterocycles. The van der Waals surface area contributed by atoms with E-state index in [0.29, 0.717) is 23.3 Å². The van der Waals surface area contributed by atoms with Crippen LogP contribution in [-0.4, -0.2) is 45.0 Å². The molecule has 0 amide bonds. The predicted octanol–water partition coefficient (Wildman–Crippen LogP) is 3.32. The standard InChI is InChI=1S/C25H32N2O5/c1-7-31-24(29)19-14(3)13-18-22(23(19)28)21(16-9-11-17(12-10-16)27(5)6)20(15(4)26-18)25(30)32-8-2/h9-12,14,19,21,26H,7-8,13H2,1-6H3/t14-,19-,21-/m1/s1. The Morgan fingerprint density at radius 3 is 2.28 bits per heavy atom. The highest BCUT2D eigenvalue weighted by Crippen LogP contribution is 2.45. The molecule has 1 aromatic rings. The zero-order chi connectivity index (χ0) is 23.6.